The molecule has 0 saturated heterocycles. The van der Waals surface area contributed by atoms with E-state index in [1.54, 1.807) is 25.1 Å². The van der Waals surface area contributed by atoms with Crippen LogP contribution in [-0.4, -0.2) is 31.5 Å². The number of amides is 2. The summed E-state index contributed by atoms with van der Waals surface area (Å²) in [5.41, 5.74) is 0.871. The molecule has 0 radical (unpaired) electrons. The largest absolute Gasteiger partial charge is 0.495 e. The van der Waals surface area contributed by atoms with Crippen molar-refractivity contribution in [2.75, 3.05) is 24.4 Å². The molecule has 2 N–H and O–H groups in total. The molecular formula is C15H18N2O5. The highest BCUT2D eigenvalue weighted by Gasteiger charge is 2.10. The lowest BCUT2D eigenvalue weighted by Gasteiger charge is -2.12. The van der Waals surface area contributed by atoms with Gasteiger partial charge >= 0.3 is 5.97 Å². The highest BCUT2D eigenvalue weighted by molar-refractivity contribution is 5.96. The van der Waals surface area contributed by atoms with E-state index >= 15 is 0 Å². The van der Waals surface area contributed by atoms with Crippen molar-refractivity contribution in [3.8, 4) is 5.75 Å². The molecule has 0 unspecified atom stereocenters. The first-order valence-electron chi connectivity index (χ1n) is 6.51. The number of anilines is 2. The van der Waals surface area contributed by atoms with Gasteiger partial charge in [0.15, 0.2) is 6.61 Å². The van der Waals surface area contributed by atoms with E-state index in [0.717, 1.165) is 0 Å². The summed E-state index contributed by atoms with van der Waals surface area (Å²) in [6.07, 6.45) is 2.73. The molecule has 0 aliphatic heterocycles. The van der Waals surface area contributed by atoms with E-state index in [2.05, 4.69) is 10.6 Å². The smallest absolute Gasteiger partial charge is 0.330 e. The van der Waals surface area contributed by atoms with Crippen molar-refractivity contribution in [1.82, 2.24) is 0 Å². The van der Waals surface area contributed by atoms with Crippen LogP contribution < -0.4 is 15.4 Å². The number of allylic oxidation sites excluding steroid dienone is 1. The molecule has 0 atom stereocenters. The zero-order chi connectivity index (χ0) is 16.5. The van der Waals surface area contributed by atoms with Crippen molar-refractivity contribution in [3.05, 3.63) is 30.4 Å². The zero-order valence-electron chi connectivity index (χ0n) is 12.6. The van der Waals surface area contributed by atoms with Crippen LogP contribution in [0.4, 0.5) is 11.4 Å². The van der Waals surface area contributed by atoms with Crippen molar-refractivity contribution >= 4 is 29.2 Å². The van der Waals surface area contributed by atoms with Crippen LogP contribution in [0.25, 0.3) is 0 Å². The van der Waals surface area contributed by atoms with Gasteiger partial charge in [0.1, 0.15) is 5.75 Å². The molecule has 1 aromatic carbocycles. The number of ether oxygens (including phenoxy) is 2. The monoisotopic (exact) mass is 306 g/mol. The van der Waals surface area contributed by atoms with Gasteiger partial charge in [-0.1, -0.05) is 6.08 Å². The van der Waals surface area contributed by atoms with E-state index in [0.29, 0.717) is 17.1 Å². The summed E-state index contributed by atoms with van der Waals surface area (Å²) in [5, 5.41) is 5.15. The molecule has 7 heteroatoms. The minimum atomic E-state index is -0.600. The number of methoxy groups -OCH3 is 1. The summed E-state index contributed by atoms with van der Waals surface area (Å²) >= 11 is 0. The van der Waals surface area contributed by atoms with Gasteiger partial charge in [-0.2, -0.15) is 0 Å². The number of esters is 1. The van der Waals surface area contributed by atoms with E-state index in [1.165, 1.54) is 26.2 Å². The Bertz CT molecular complexity index is 596. The van der Waals surface area contributed by atoms with Gasteiger partial charge in [-0.15, -0.1) is 0 Å². The molecule has 118 valence electrons. The van der Waals surface area contributed by atoms with Gasteiger partial charge in [0.2, 0.25) is 5.91 Å². The fourth-order valence-corrected chi connectivity index (χ4v) is 1.59. The van der Waals surface area contributed by atoms with Gasteiger partial charge in [-0.3, -0.25) is 9.59 Å². The molecule has 0 aromatic heterocycles. The van der Waals surface area contributed by atoms with Crippen LogP contribution in [0.1, 0.15) is 13.8 Å². The van der Waals surface area contributed by atoms with Crippen LogP contribution in [-0.2, 0) is 19.1 Å². The Morgan fingerprint density at radius 3 is 2.55 bits per heavy atom. The van der Waals surface area contributed by atoms with Gasteiger partial charge in [-0.25, -0.2) is 4.79 Å². The lowest BCUT2D eigenvalue weighted by atomic mass is 10.2. The molecule has 1 rings (SSSR count). The van der Waals surface area contributed by atoms with E-state index in [4.69, 9.17) is 9.47 Å². The van der Waals surface area contributed by atoms with Gasteiger partial charge in [0, 0.05) is 18.7 Å². The highest BCUT2D eigenvalue weighted by atomic mass is 16.5. The first kappa shape index (κ1) is 17.2. The van der Waals surface area contributed by atoms with Gasteiger partial charge < -0.3 is 20.1 Å². The molecule has 2 amide bonds. The number of nitrogens with one attached hydrogen (secondary N) is 2. The second-order valence-corrected chi connectivity index (χ2v) is 4.25. The Hall–Kier alpha value is -2.83. The van der Waals surface area contributed by atoms with Gasteiger partial charge in [0.25, 0.3) is 5.91 Å². The predicted octanol–water partition coefficient (Wildman–Crippen LogP) is 1.71. The molecular weight excluding hydrogens is 288 g/mol. The van der Waals surface area contributed by atoms with Crippen LogP contribution in [0.5, 0.6) is 5.75 Å². The molecule has 0 spiro atoms. The van der Waals surface area contributed by atoms with E-state index in [1.807, 2.05) is 0 Å². The number of rotatable bonds is 6. The number of hydrogen-bond acceptors (Lipinski definition) is 5. The molecule has 0 aliphatic carbocycles. The quantitative estimate of drug-likeness (QED) is 0.616. The van der Waals surface area contributed by atoms with E-state index in [-0.39, 0.29) is 5.91 Å². The van der Waals surface area contributed by atoms with Crippen molar-refractivity contribution in [3.63, 3.8) is 0 Å². The average molecular weight is 306 g/mol. The Morgan fingerprint density at radius 2 is 1.95 bits per heavy atom. The fraction of sp³-hybridized carbons (Fsp3) is 0.267. The Labute approximate surface area is 128 Å². The summed E-state index contributed by atoms with van der Waals surface area (Å²) in [4.78, 5) is 34.0. The molecule has 0 heterocycles. The van der Waals surface area contributed by atoms with Gasteiger partial charge in [0.05, 0.1) is 12.8 Å². The third kappa shape index (κ3) is 5.66. The maximum Gasteiger partial charge on any atom is 0.330 e. The second-order valence-electron chi connectivity index (χ2n) is 4.25. The number of hydrogen-bond donors (Lipinski definition) is 2. The standard InChI is InChI=1S/C15H18N2O5/c1-4-5-15(20)22-9-14(19)17-12-8-11(16-10(2)18)6-7-13(12)21-3/h4-8H,9H2,1-3H3,(H,16,18)(H,17,19)/b5-4+. The first-order chi connectivity index (χ1) is 10.5. The number of carbonyl (C=O) groups excluding carboxylic acids is 3. The molecule has 0 bridgehead atoms. The lowest BCUT2D eigenvalue weighted by Crippen LogP contribution is -2.20. The third-order valence-electron chi connectivity index (χ3n) is 2.44. The summed E-state index contributed by atoms with van der Waals surface area (Å²) in [5.74, 6) is -0.933. The number of carbonyl (C=O) groups is 3. The fourth-order valence-electron chi connectivity index (χ4n) is 1.59. The molecule has 7 nitrogen and oxygen atoms in total. The SMILES string of the molecule is C/C=C/C(=O)OCC(=O)Nc1cc(NC(C)=O)ccc1OC. The summed E-state index contributed by atoms with van der Waals surface area (Å²) < 4.78 is 9.86. The Morgan fingerprint density at radius 1 is 1.23 bits per heavy atom. The second kappa shape index (κ2) is 8.46. The molecule has 0 fully saturated rings. The summed E-state index contributed by atoms with van der Waals surface area (Å²) in [7, 11) is 1.45. The van der Waals surface area contributed by atoms with E-state index < -0.39 is 18.5 Å². The Kier molecular flexibility index (Phi) is 6.62. The highest BCUT2D eigenvalue weighted by Crippen LogP contribution is 2.27. The third-order valence-corrected chi connectivity index (χ3v) is 2.44. The minimum absolute atomic E-state index is 0.234. The predicted molar refractivity (Wildman–Crippen MR) is 81.7 cm³/mol. The number of benzene rings is 1. The summed E-state index contributed by atoms with van der Waals surface area (Å²) in [6, 6.07) is 4.79. The van der Waals surface area contributed by atoms with Crippen molar-refractivity contribution in [1.29, 1.82) is 0 Å². The van der Waals surface area contributed by atoms with Crippen LogP contribution in [0, 0.1) is 0 Å². The van der Waals surface area contributed by atoms with Gasteiger partial charge in [-0.05, 0) is 25.1 Å². The molecule has 22 heavy (non-hydrogen) atoms. The van der Waals surface area contributed by atoms with Crippen LogP contribution in [0.3, 0.4) is 0 Å². The van der Waals surface area contributed by atoms with Crippen molar-refractivity contribution in [2.45, 2.75) is 13.8 Å². The van der Waals surface area contributed by atoms with Crippen LogP contribution in [0.2, 0.25) is 0 Å². The molecule has 1 aromatic rings. The lowest BCUT2D eigenvalue weighted by molar-refractivity contribution is -0.142. The van der Waals surface area contributed by atoms with Crippen LogP contribution >= 0.6 is 0 Å². The average Bonchev–Trinajstić information content (AvgIpc) is 2.45. The first-order valence-corrected chi connectivity index (χ1v) is 6.51. The minimum Gasteiger partial charge on any atom is -0.495 e. The zero-order valence-corrected chi connectivity index (χ0v) is 12.6. The topological polar surface area (TPSA) is 93.7 Å². The Balaban J connectivity index is 2.75. The molecule has 0 aliphatic rings. The maximum atomic E-state index is 11.8. The normalized spacial score (nSPS) is 10.1. The molecule has 0 saturated carbocycles. The van der Waals surface area contributed by atoms with Crippen molar-refractivity contribution in [2.24, 2.45) is 0 Å². The summed E-state index contributed by atoms with van der Waals surface area (Å²) in [6.45, 7) is 2.62. The van der Waals surface area contributed by atoms with Crippen LogP contribution in [0.15, 0.2) is 30.4 Å². The van der Waals surface area contributed by atoms with Crippen molar-refractivity contribution < 1.29 is 23.9 Å². The van der Waals surface area contributed by atoms with E-state index in [9.17, 15) is 14.4 Å². The maximum absolute atomic E-state index is 11.8.